The van der Waals surface area contributed by atoms with Crippen LogP contribution in [0.25, 0.3) is 11.3 Å². The third kappa shape index (κ3) is 5.45. The first-order chi connectivity index (χ1) is 14.1. The van der Waals surface area contributed by atoms with Gasteiger partial charge in [-0.1, -0.05) is 37.3 Å². The van der Waals surface area contributed by atoms with E-state index in [1.54, 1.807) is 7.11 Å². The molecular formula is C23H28N4O2. The lowest BCUT2D eigenvalue weighted by Crippen LogP contribution is -2.38. The molecule has 6 heteroatoms. The summed E-state index contributed by atoms with van der Waals surface area (Å²) < 4.78 is 7.06. The summed E-state index contributed by atoms with van der Waals surface area (Å²) in [4.78, 5) is 12.9. The first kappa shape index (κ1) is 20.6. The maximum absolute atomic E-state index is 12.9. The third-order valence-electron chi connectivity index (χ3n) is 4.68. The average Bonchev–Trinajstić information content (AvgIpc) is 3.17. The number of amides is 1. The summed E-state index contributed by atoms with van der Waals surface area (Å²) in [5, 5.41) is 11.0. The Kier molecular flexibility index (Phi) is 7.03. The number of nitrogens with one attached hydrogen (secondary N) is 2. The summed E-state index contributed by atoms with van der Waals surface area (Å²) in [6.45, 7) is 6.12. The summed E-state index contributed by atoms with van der Waals surface area (Å²) in [6, 6.07) is 17.9. The molecule has 1 aromatic heterocycles. The standard InChI is InChI=1S/C23H28N4O2/c1-4-24-17(2)14-25-23(28)21-16-27(15-18-8-6-5-7-9-18)26-22(21)19-10-12-20(29-3)13-11-19/h5-13,16-17,24H,4,14-15H2,1-3H3,(H,25,28)/t17-/m1/s1. The quantitative estimate of drug-likeness (QED) is 0.586. The average molecular weight is 393 g/mol. The van der Waals surface area contributed by atoms with Crippen LogP contribution in [0.1, 0.15) is 29.8 Å². The molecule has 2 N–H and O–H groups in total. The van der Waals surface area contributed by atoms with Crippen LogP contribution in [0, 0.1) is 0 Å². The first-order valence-corrected chi connectivity index (χ1v) is 9.88. The zero-order valence-corrected chi connectivity index (χ0v) is 17.2. The van der Waals surface area contributed by atoms with Crippen molar-refractivity contribution < 1.29 is 9.53 Å². The molecule has 0 unspecified atom stereocenters. The summed E-state index contributed by atoms with van der Waals surface area (Å²) in [5.41, 5.74) is 3.23. The van der Waals surface area contributed by atoms with E-state index in [4.69, 9.17) is 9.84 Å². The second-order valence-electron chi connectivity index (χ2n) is 6.97. The second kappa shape index (κ2) is 9.89. The lowest BCUT2D eigenvalue weighted by atomic mass is 10.1. The number of likely N-dealkylation sites (N-methyl/N-ethyl adjacent to an activating group) is 1. The summed E-state index contributed by atoms with van der Waals surface area (Å²) in [5.74, 6) is 0.641. The first-order valence-electron chi connectivity index (χ1n) is 9.88. The number of rotatable bonds is 9. The zero-order chi connectivity index (χ0) is 20.6. The van der Waals surface area contributed by atoms with Crippen molar-refractivity contribution in [3.05, 3.63) is 71.9 Å². The molecule has 0 aliphatic rings. The molecule has 0 saturated heterocycles. The van der Waals surface area contributed by atoms with Gasteiger partial charge in [0.1, 0.15) is 11.4 Å². The topological polar surface area (TPSA) is 68.2 Å². The van der Waals surface area contributed by atoms with Crippen molar-refractivity contribution in [3.63, 3.8) is 0 Å². The van der Waals surface area contributed by atoms with Gasteiger partial charge in [-0.3, -0.25) is 9.48 Å². The molecule has 3 aromatic rings. The van der Waals surface area contributed by atoms with Crippen molar-refractivity contribution >= 4 is 5.91 Å². The van der Waals surface area contributed by atoms with E-state index in [1.807, 2.05) is 79.3 Å². The van der Waals surface area contributed by atoms with E-state index in [0.29, 0.717) is 24.3 Å². The van der Waals surface area contributed by atoms with Gasteiger partial charge in [0.25, 0.3) is 5.91 Å². The fourth-order valence-electron chi connectivity index (χ4n) is 3.16. The lowest BCUT2D eigenvalue weighted by Gasteiger charge is -2.13. The fourth-order valence-corrected chi connectivity index (χ4v) is 3.16. The van der Waals surface area contributed by atoms with E-state index in [-0.39, 0.29) is 11.9 Å². The molecule has 0 radical (unpaired) electrons. The lowest BCUT2D eigenvalue weighted by molar-refractivity contribution is 0.0951. The highest BCUT2D eigenvalue weighted by Gasteiger charge is 2.18. The zero-order valence-electron chi connectivity index (χ0n) is 17.2. The molecule has 0 bridgehead atoms. The molecule has 0 fully saturated rings. The highest BCUT2D eigenvalue weighted by atomic mass is 16.5. The highest BCUT2D eigenvalue weighted by molar-refractivity contribution is 5.99. The van der Waals surface area contributed by atoms with Crippen LogP contribution in [0.2, 0.25) is 0 Å². The third-order valence-corrected chi connectivity index (χ3v) is 4.68. The number of methoxy groups -OCH3 is 1. The molecule has 1 heterocycles. The highest BCUT2D eigenvalue weighted by Crippen LogP contribution is 2.25. The van der Waals surface area contributed by atoms with E-state index < -0.39 is 0 Å². The van der Waals surface area contributed by atoms with Crippen LogP contribution < -0.4 is 15.4 Å². The molecule has 3 rings (SSSR count). The molecule has 6 nitrogen and oxygen atoms in total. The molecule has 1 atom stereocenters. The number of carbonyl (C=O) groups is 1. The monoisotopic (exact) mass is 392 g/mol. The Labute approximate surface area is 171 Å². The van der Waals surface area contributed by atoms with Gasteiger partial charge in [-0.25, -0.2) is 0 Å². The number of aromatic nitrogens is 2. The normalized spacial score (nSPS) is 11.8. The Bertz CT molecular complexity index is 920. The number of benzene rings is 2. The molecule has 0 spiro atoms. The van der Waals surface area contributed by atoms with Crippen molar-refractivity contribution in [2.45, 2.75) is 26.4 Å². The second-order valence-corrected chi connectivity index (χ2v) is 6.97. The number of carbonyl (C=O) groups excluding carboxylic acids is 1. The summed E-state index contributed by atoms with van der Waals surface area (Å²) in [6.07, 6.45) is 1.82. The van der Waals surface area contributed by atoms with Gasteiger partial charge in [0.05, 0.1) is 19.2 Å². The summed E-state index contributed by atoms with van der Waals surface area (Å²) in [7, 11) is 1.63. The van der Waals surface area contributed by atoms with Crippen molar-refractivity contribution in [2.75, 3.05) is 20.2 Å². The van der Waals surface area contributed by atoms with Gasteiger partial charge in [-0.05, 0) is 43.3 Å². The van der Waals surface area contributed by atoms with Crippen LogP contribution in [0.3, 0.4) is 0 Å². The number of ether oxygens (including phenoxy) is 1. The Morgan fingerprint density at radius 3 is 2.52 bits per heavy atom. The molecule has 2 aromatic carbocycles. The maximum atomic E-state index is 12.9. The molecule has 152 valence electrons. The van der Waals surface area contributed by atoms with Gasteiger partial charge in [0, 0.05) is 24.3 Å². The van der Waals surface area contributed by atoms with Crippen LogP contribution in [0.15, 0.2) is 60.8 Å². The molecular weight excluding hydrogens is 364 g/mol. The largest absolute Gasteiger partial charge is 0.497 e. The van der Waals surface area contributed by atoms with Crippen molar-refractivity contribution in [1.29, 1.82) is 0 Å². The Balaban J connectivity index is 1.87. The van der Waals surface area contributed by atoms with Crippen LogP contribution >= 0.6 is 0 Å². The molecule has 0 saturated carbocycles. The molecule has 1 amide bonds. The van der Waals surface area contributed by atoms with Crippen LogP contribution in [0.5, 0.6) is 5.75 Å². The smallest absolute Gasteiger partial charge is 0.255 e. The number of hydrogen-bond acceptors (Lipinski definition) is 4. The molecule has 0 aliphatic carbocycles. The minimum atomic E-state index is -0.125. The number of hydrogen-bond donors (Lipinski definition) is 2. The molecule has 29 heavy (non-hydrogen) atoms. The van der Waals surface area contributed by atoms with E-state index in [2.05, 4.69) is 10.6 Å². The Morgan fingerprint density at radius 2 is 1.86 bits per heavy atom. The summed E-state index contributed by atoms with van der Waals surface area (Å²) >= 11 is 0. The van der Waals surface area contributed by atoms with E-state index in [0.717, 1.165) is 23.4 Å². The maximum Gasteiger partial charge on any atom is 0.255 e. The van der Waals surface area contributed by atoms with Gasteiger partial charge in [-0.2, -0.15) is 5.10 Å². The Morgan fingerprint density at radius 1 is 1.14 bits per heavy atom. The predicted molar refractivity (Wildman–Crippen MR) is 115 cm³/mol. The molecule has 0 aliphatic heterocycles. The van der Waals surface area contributed by atoms with Crippen molar-refractivity contribution in [2.24, 2.45) is 0 Å². The van der Waals surface area contributed by atoms with Crippen molar-refractivity contribution in [1.82, 2.24) is 20.4 Å². The van der Waals surface area contributed by atoms with Gasteiger partial charge in [0.2, 0.25) is 0 Å². The minimum Gasteiger partial charge on any atom is -0.497 e. The van der Waals surface area contributed by atoms with Crippen molar-refractivity contribution in [3.8, 4) is 17.0 Å². The SMILES string of the molecule is CCN[C@H](C)CNC(=O)c1cn(Cc2ccccc2)nc1-c1ccc(OC)cc1. The minimum absolute atomic E-state index is 0.125. The van der Waals surface area contributed by atoms with Crippen LogP contribution in [0.4, 0.5) is 0 Å². The van der Waals surface area contributed by atoms with E-state index >= 15 is 0 Å². The van der Waals surface area contributed by atoms with Gasteiger partial charge >= 0.3 is 0 Å². The fraction of sp³-hybridized carbons (Fsp3) is 0.304. The van der Waals surface area contributed by atoms with Crippen LogP contribution in [-0.2, 0) is 6.54 Å². The van der Waals surface area contributed by atoms with Gasteiger partial charge < -0.3 is 15.4 Å². The van der Waals surface area contributed by atoms with E-state index in [9.17, 15) is 4.79 Å². The predicted octanol–water partition coefficient (Wildman–Crippen LogP) is 3.33. The van der Waals surface area contributed by atoms with Crippen LogP contribution in [-0.4, -0.2) is 41.9 Å². The van der Waals surface area contributed by atoms with E-state index in [1.165, 1.54) is 0 Å². The van der Waals surface area contributed by atoms with Gasteiger partial charge in [-0.15, -0.1) is 0 Å². The van der Waals surface area contributed by atoms with Gasteiger partial charge in [0.15, 0.2) is 0 Å². The number of nitrogens with zero attached hydrogens (tertiary/aromatic N) is 2. The Hall–Kier alpha value is -3.12.